The highest BCUT2D eigenvalue weighted by Gasteiger charge is 2.15. The molecule has 0 atom stereocenters. The van der Waals surface area contributed by atoms with Crippen LogP contribution in [0.4, 0.5) is 0 Å². The summed E-state index contributed by atoms with van der Waals surface area (Å²) in [6.45, 7) is 0. The van der Waals surface area contributed by atoms with Crippen molar-refractivity contribution in [3.8, 4) is 5.75 Å². The molecule has 0 aliphatic carbocycles. The molecule has 0 fully saturated rings. The number of aromatic nitrogens is 3. The summed E-state index contributed by atoms with van der Waals surface area (Å²) in [5.41, 5.74) is 2.04. The van der Waals surface area contributed by atoms with Crippen LogP contribution in [0.25, 0.3) is 5.65 Å². The topological polar surface area (TPSA) is 65.7 Å². The summed E-state index contributed by atoms with van der Waals surface area (Å²) in [6, 6.07) is 13.0. The number of benzene rings is 1. The molecule has 0 radical (unpaired) electrons. The molecule has 3 aromatic rings. The van der Waals surface area contributed by atoms with Gasteiger partial charge in [-0.3, -0.25) is 4.40 Å². The third kappa shape index (κ3) is 2.50. The number of hydrogen-bond donors (Lipinski definition) is 0. The Balaban J connectivity index is 2.05. The number of fused-ring (bicyclic) bond motifs is 1. The quantitative estimate of drug-likeness (QED) is 0.690. The number of hydrogen-bond acceptors (Lipinski definition) is 5. The van der Waals surface area contributed by atoms with Crippen LogP contribution in [0.2, 0.25) is 0 Å². The number of rotatable bonds is 4. The van der Waals surface area contributed by atoms with Crippen molar-refractivity contribution in [1.29, 1.82) is 0 Å². The van der Waals surface area contributed by atoms with Crippen LogP contribution in [0.5, 0.6) is 5.75 Å². The van der Waals surface area contributed by atoms with Crippen molar-refractivity contribution in [1.82, 2.24) is 14.6 Å². The van der Waals surface area contributed by atoms with Gasteiger partial charge in [-0.05, 0) is 29.8 Å². The van der Waals surface area contributed by atoms with Crippen molar-refractivity contribution in [3.05, 3.63) is 59.5 Å². The number of carbonyl (C=O) groups is 1. The molecule has 0 saturated carbocycles. The first-order valence-corrected chi connectivity index (χ1v) is 6.77. The average Bonchev–Trinajstić information content (AvgIpc) is 2.97. The summed E-state index contributed by atoms with van der Waals surface area (Å²) >= 11 is 0. The molecule has 6 nitrogen and oxygen atoms in total. The lowest BCUT2D eigenvalue weighted by Crippen LogP contribution is -2.10. The fourth-order valence-electron chi connectivity index (χ4n) is 2.34. The summed E-state index contributed by atoms with van der Waals surface area (Å²) in [4.78, 5) is 11.9. The van der Waals surface area contributed by atoms with E-state index < -0.39 is 5.97 Å². The standard InChI is InChI=1S/C16H15N3O3/c1-21-12-6-3-5-11(9-12)10-15-18-17-14-8-4-7-13(19(14)15)16(20)22-2/h3-9H,10H2,1-2H3. The second-order valence-corrected chi connectivity index (χ2v) is 4.74. The van der Waals surface area contributed by atoms with Crippen LogP contribution in [0.3, 0.4) is 0 Å². The summed E-state index contributed by atoms with van der Waals surface area (Å²) < 4.78 is 11.8. The predicted molar refractivity (Wildman–Crippen MR) is 80.1 cm³/mol. The van der Waals surface area contributed by atoms with Crippen molar-refractivity contribution in [2.75, 3.05) is 14.2 Å². The van der Waals surface area contributed by atoms with Gasteiger partial charge in [-0.1, -0.05) is 18.2 Å². The monoisotopic (exact) mass is 297 g/mol. The number of pyridine rings is 1. The summed E-state index contributed by atoms with van der Waals surface area (Å²) in [5.74, 6) is 1.03. The van der Waals surface area contributed by atoms with Crippen molar-refractivity contribution in [3.63, 3.8) is 0 Å². The van der Waals surface area contributed by atoms with Gasteiger partial charge in [0.15, 0.2) is 5.65 Å². The first-order chi connectivity index (χ1) is 10.7. The predicted octanol–water partition coefficient (Wildman–Crippen LogP) is 2.12. The lowest BCUT2D eigenvalue weighted by molar-refractivity contribution is 0.0592. The number of ether oxygens (including phenoxy) is 2. The largest absolute Gasteiger partial charge is 0.497 e. The van der Waals surface area contributed by atoms with E-state index in [0.29, 0.717) is 23.6 Å². The first-order valence-electron chi connectivity index (χ1n) is 6.77. The van der Waals surface area contributed by atoms with Gasteiger partial charge in [0.05, 0.1) is 14.2 Å². The van der Waals surface area contributed by atoms with Gasteiger partial charge >= 0.3 is 5.97 Å². The highest BCUT2D eigenvalue weighted by Crippen LogP contribution is 2.17. The second-order valence-electron chi connectivity index (χ2n) is 4.74. The zero-order chi connectivity index (χ0) is 15.5. The van der Waals surface area contributed by atoms with Crippen LogP contribution >= 0.6 is 0 Å². The maximum atomic E-state index is 11.9. The fraction of sp³-hybridized carbons (Fsp3) is 0.188. The van der Waals surface area contributed by atoms with E-state index >= 15 is 0 Å². The molecular formula is C16H15N3O3. The van der Waals surface area contributed by atoms with Crippen molar-refractivity contribution in [2.24, 2.45) is 0 Å². The van der Waals surface area contributed by atoms with Crippen LogP contribution in [0.15, 0.2) is 42.5 Å². The molecule has 0 amide bonds. The molecule has 0 aliphatic rings. The molecule has 1 aromatic carbocycles. The minimum absolute atomic E-state index is 0.405. The summed E-state index contributed by atoms with van der Waals surface area (Å²) in [6.07, 6.45) is 0.534. The highest BCUT2D eigenvalue weighted by atomic mass is 16.5. The molecule has 3 rings (SSSR count). The van der Waals surface area contributed by atoms with Gasteiger partial charge in [-0.25, -0.2) is 4.79 Å². The van der Waals surface area contributed by atoms with E-state index in [0.717, 1.165) is 11.3 Å². The Kier molecular flexibility index (Phi) is 3.74. The molecule has 22 heavy (non-hydrogen) atoms. The van der Waals surface area contributed by atoms with Gasteiger partial charge in [0.2, 0.25) is 0 Å². The SMILES string of the molecule is COC(=O)c1cccc2nnc(Cc3cccc(OC)c3)n12. The number of methoxy groups -OCH3 is 2. The minimum Gasteiger partial charge on any atom is -0.497 e. The Morgan fingerprint density at radius 3 is 2.73 bits per heavy atom. The Hall–Kier alpha value is -2.89. The third-order valence-corrected chi connectivity index (χ3v) is 3.39. The van der Waals surface area contributed by atoms with E-state index in [1.54, 1.807) is 29.7 Å². The highest BCUT2D eigenvalue weighted by molar-refractivity contribution is 5.88. The number of nitrogens with zero attached hydrogens (tertiary/aromatic N) is 3. The lowest BCUT2D eigenvalue weighted by atomic mass is 10.1. The Morgan fingerprint density at radius 1 is 1.14 bits per heavy atom. The lowest BCUT2D eigenvalue weighted by Gasteiger charge is -2.07. The fourth-order valence-corrected chi connectivity index (χ4v) is 2.34. The maximum absolute atomic E-state index is 11.9. The number of esters is 1. The second kappa shape index (κ2) is 5.85. The van der Waals surface area contributed by atoms with Crippen molar-refractivity contribution >= 4 is 11.6 Å². The van der Waals surface area contributed by atoms with Gasteiger partial charge in [0.1, 0.15) is 17.3 Å². The molecule has 112 valence electrons. The van der Waals surface area contributed by atoms with Gasteiger partial charge in [0.25, 0.3) is 0 Å². The van der Waals surface area contributed by atoms with E-state index in [2.05, 4.69) is 10.2 Å². The van der Waals surface area contributed by atoms with E-state index in [1.807, 2.05) is 24.3 Å². The van der Waals surface area contributed by atoms with E-state index in [-0.39, 0.29) is 0 Å². The van der Waals surface area contributed by atoms with Crippen LogP contribution in [0, 0.1) is 0 Å². The molecule has 0 saturated heterocycles. The van der Waals surface area contributed by atoms with Crippen LogP contribution in [0.1, 0.15) is 21.9 Å². The van der Waals surface area contributed by atoms with Gasteiger partial charge in [-0.2, -0.15) is 0 Å². The minimum atomic E-state index is -0.419. The molecule has 6 heteroatoms. The average molecular weight is 297 g/mol. The molecule has 2 aromatic heterocycles. The van der Waals surface area contributed by atoms with Gasteiger partial charge in [-0.15, -0.1) is 10.2 Å². The molecule has 0 N–H and O–H groups in total. The van der Waals surface area contributed by atoms with Crippen molar-refractivity contribution in [2.45, 2.75) is 6.42 Å². The summed E-state index contributed by atoms with van der Waals surface area (Å²) in [7, 11) is 2.98. The first kappa shape index (κ1) is 14.1. The van der Waals surface area contributed by atoms with E-state index in [1.165, 1.54) is 7.11 Å². The van der Waals surface area contributed by atoms with E-state index in [4.69, 9.17) is 9.47 Å². The van der Waals surface area contributed by atoms with Crippen LogP contribution < -0.4 is 4.74 Å². The molecule has 0 bridgehead atoms. The van der Waals surface area contributed by atoms with Crippen LogP contribution in [-0.4, -0.2) is 34.8 Å². The summed E-state index contributed by atoms with van der Waals surface area (Å²) in [5, 5.41) is 8.30. The van der Waals surface area contributed by atoms with E-state index in [9.17, 15) is 4.79 Å². The Labute approximate surface area is 127 Å². The van der Waals surface area contributed by atoms with Gasteiger partial charge in [0, 0.05) is 6.42 Å². The smallest absolute Gasteiger partial charge is 0.355 e. The number of carbonyl (C=O) groups excluding carboxylic acids is 1. The Bertz CT molecular complexity index is 826. The molecule has 0 spiro atoms. The third-order valence-electron chi connectivity index (χ3n) is 3.39. The molecule has 0 unspecified atom stereocenters. The zero-order valence-electron chi connectivity index (χ0n) is 12.3. The Morgan fingerprint density at radius 2 is 1.95 bits per heavy atom. The maximum Gasteiger partial charge on any atom is 0.355 e. The van der Waals surface area contributed by atoms with Crippen molar-refractivity contribution < 1.29 is 14.3 Å². The molecule has 2 heterocycles. The normalized spacial score (nSPS) is 10.6. The zero-order valence-corrected chi connectivity index (χ0v) is 12.3. The van der Waals surface area contributed by atoms with Gasteiger partial charge < -0.3 is 9.47 Å². The van der Waals surface area contributed by atoms with Crippen LogP contribution in [-0.2, 0) is 11.2 Å². The molecule has 0 aliphatic heterocycles. The molecular weight excluding hydrogens is 282 g/mol.